The smallest absolute Gasteiger partial charge is 0.224 e. The molecule has 0 radical (unpaired) electrons. The monoisotopic (exact) mass is 381 g/mol. The van der Waals surface area contributed by atoms with Gasteiger partial charge in [-0.1, -0.05) is 44.2 Å². The van der Waals surface area contributed by atoms with Gasteiger partial charge >= 0.3 is 0 Å². The largest absolute Gasteiger partial charge is 0.354 e. The van der Waals surface area contributed by atoms with E-state index >= 15 is 0 Å². The lowest BCUT2D eigenvalue weighted by Crippen LogP contribution is -2.46. The summed E-state index contributed by atoms with van der Waals surface area (Å²) in [5.41, 5.74) is 1.18. The van der Waals surface area contributed by atoms with Gasteiger partial charge in [0.1, 0.15) is 0 Å². The van der Waals surface area contributed by atoms with Gasteiger partial charge in [-0.25, -0.2) is 12.7 Å². The van der Waals surface area contributed by atoms with E-state index < -0.39 is 10.0 Å². The summed E-state index contributed by atoms with van der Waals surface area (Å²) in [6.07, 6.45) is 2.67. The number of hydrogen-bond donors (Lipinski definition) is 1. The molecule has 0 spiro atoms. The van der Waals surface area contributed by atoms with Crippen LogP contribution >= 0.6 is 0 Å². The number of nitrogens with one attached hydrogen (secondary N) is 1. The highest BCUT2D eigenvalue weighted by Crippen LogP contribution is 2.21. The van der Waals surface area contributed by atoms with Gasteiger partial charge in [-0.2, -0.15) is 0 Å². The van der Waals surface area contributed by atoms with Crippen LogP contribution in [0.1, 0.15) is 38.3 Å². The molecule has 1 N–H and O–H groups in total. The highest BCUT2D eigenvalue weighted by molar-refractivity contribution is 7.88. The summed E-state index contributed by atoms with van der Waals surface area (Å²) in [5.74, 6) is -0.321. The van der Waals surface area contributed by atoms with E-state index in [1.54, 1.807) is 0 Å². The number of benzene rings is 1. The Morgan fingerprint density at radius 1 is 1.27 bits per heavy atom. The number of likely N-dealkylation sites (N-methyl/N-ethyl adjacent to an activating group) is 1. The number of hydrogen-bond acceptors (Lipinski definition) is 4. The van der Waals surface area contributed by atoms with Crippen molar-refractivity contribution in [1.82, 2.24) is 14.5 Å². The highest BCUT2D eigenvalue weighted by Gasteiger charge is 2.30. The fourth-order valence-electron chi connectivity index (χ4n) is 3.60. The molecule has 2 atom stereocenters. The van der Waals surface area contributed by atoms with Crippen molar-refractivity contribution in [2.75, 3.05) is 39.0 Å². The first-order chi connectivity index (χ1) is 12.4. The van der Waals surface area contributed by atoms with Gasteiger partial charge in [-0.3, -0.25) is 9.69 Å². The van der Waals surface area contributed by atoms with E-state index in [1.807, 2.05) is 18.2 Å². The fraction of sp³-hybridized carbons (Fsp3) is 0.632. The first kappa shape index (κ1) is 20.9. The summed E-state index contributed by atoms with van der Waals surface area (Å²) in [4.78, 5) is 15.0. The number of piperidine rings is 1. The van der Waals surface area contributed by atoms with Crippen molar-refractivity contribution < 1.29 is 13.2 Å². The first-order valence-corrected chi connectivity index (χ1v) is 11.2. The molecule has 1 aliphatic rings. The Hall–Kier alpha value is -1.44. The van der Waals surface area contributed by atoms with Gasteiger partial charge in [0.25, 0.3) is 0 Å². The van der Waals surface area contributed by atoms with E-state index in [4.69, 9.17) is 0 Å². The van der Waals surface area contributed by atoms with Crippen molar-refractivity contribution in [1.29, 1.82) is 0 Å². The lowest BCUT2D eigenvalue weighted by atomic mass is 9.98. The minimum atomic E-state index is -3.24. The number of carbonyl (C=O) groups is 1. The molecule has 7 heteroatoms. The fourth-order valence-corrected chi connectivity index (χ4v) is 4.51. The van der Waals surface area contributed by atoms with Crippen LogP contribution in [0.25, 0.3) is 0 Å². The number of amides is 1. The summed E-state index contributed by atoms with van der Waals surface area (Å²) < 4.78 is 24.9. The third-order valence-electron chi connectivity index (χ3n) is 5.13. The van der Waals surface area contributed by atoms with Crippen LogP contribution in [0.5, 0.6) is 0 Å². The lowest BCUT2D eigenvalue weighted by Gasteiger charge is -2.33. The van der Waals surface area contributed by atoms with Crippen LogP contribution in [0.2, 0.25) is 0 Å². The molecule has 0 aromatic heterocycles. The minimum Gasteiger partial charge on any atom is -0.354 e. The third-order valence-corrected chi connectivity index (χ3v) is 6.40. The van der Waals surface area contributed by atoms with Gasteiger partial charge in [0.2, 0.25) is 15.9 Å². The Morgan fingerprint density at radius 2 is 1.92 bits per heavy atom. The zero-order valence-electron chi connectivity index (χ0n) is 16.0. The van der Waals surface area contributed by atoms with Crippen molar-refractivity contribution in [3.8, 4) is 0 Å². The van der Waals surface area contributed by atoms with E-state index in [2.05, 4.69) is 36.2 Å². The number of sulfonamides is 1. The van der Waals surface area contributed by atoms with Crippen LogP contribution in [0.4, 0.5) is 0 Å². The van der Waals surface area contributed by atoms with E-state index in [1.165, 1.54) is 16.1 Å². The van der Waals surface area contributed by atoms with E-state index in [0.29, 0.717) is 13.1 Å². The second kappa shape index (κ2) is 9.48. The Morgan fingerprint density at radius 3 is 2.50 bits per heavy atom. The summed E-state index contributed by atoms with van der Waals surface area (Å²) in [7, 11) is -3.24. The van der Waals surface area contributed by atoms with Gasteiger partial charge in [-0.05, 0) is 31.5 Å². The molecule has 1 aromatic carbocycles. The normalized spacial score (nSPS) is 20.1. The number of carbonyl (C=O) groups excluding carboxylic acids is 1. The van der Waals surface area contributed by atoms with E-state index in [9.17, 15) is 13.2 Å². The average molecular weight is 382 g/mol. The molecule has 2 rings (SSSR count). The van der Waals surface area contributed by atoms with Crippen molar-refractivity contribution >= 4 is 15.9 Å². The van der Waals surface area contributed by atoms with Gasteiger partial charge in [0.15, 0.2) is 0 Å². The maximum atomic E-state index is 12.7. The maximum absolute atomic E-state index is 12.7. The van der Waals surface area contributed by atoms with Crippen LogP contribution in [0.3, 0.4) is 0 Å². The Kier molecular flexibility index (Phi) is 7.61. The van der Waals surface area contributed by atoms with Gasteiger partial charge < -0.3 is 5.32 Å². The molecule has 26 heavy (non-hydrogen) atoms. The molecular formula is C19H31N3O3S. The first-order valence-electron chi connectivity index (χ1n) is 9.38. The van der Waals surface area contributed by atoms with Gasteiger partial charge in [-0.15, -0.1) is 0 Å². The topological polar surface area (TPSA) is 69.7 Å². The van der Waals surface area contributed by atoms with Gasteiger partial charge in [0.05, 0.1) is 18.2 Å². The number of nitrogens with zero attached hydrogens (tertiary/aromatic N) is 2. The standard InChI is InChI=1S/C19H31N3O3S/c1-4-21(5-2)18(16-10-7-6-8-11-16)14-20-19(23)17-12-9-13-22(15-17)26(3,24)25/h6-8,10-11,17-18H,4-5,9,12-15H2,1-3H3,(H,20,23). The molecule has 1 saturated heterocycles. The Balaban J connectivity index is 2.02. The molecular weight excluding hydrogens is 350 g/mol. The van der Waals surface area contributed by atoms with Crippen molar-refractivity contribution in [2.24, 2.45) is 5.92 Å². The third kappa shape index (κ3) is 5.53. The van der Waals surface area contributed by atoms with Crippen LogP contribution in [-0.4, -0.2) is 62.5 Å². The maximum Gasteiger partial charge on any atom is 0.224 e. The Bertz CT molecular complexity index is 675. The number of rotatable bonds is 8. The molecule has 1 heterocycles. The predicted molar refractivity (Wildman–Crippen MR) is 104 cm³/mol. The minimum absolute atomic E-state index is 0.0496. The molecule has 1 aromatic rings. The summed E-state index contributed by atoms with van der Waals surface area (Å²) >= 11 is 0. The molecule has 0 bridgehead atoms. The molecule has 1 amide bonds. The predicted octanol–water partition coefficient (Wildman–Crippen LogP) is 1.86. The summed E-state index contributed by atoms with van der Waals surface area (Å²) in [6.45, 7) is 7.35. The van der Waals surface area contributed by atoms with Crippen LogP contribution in [0.15, 0.2) is 30.3 Å². The zero-order chi connectivity index (χ0) is 19.2. The Labute approximate surface area is 157 Å². The molecule has 6 nitrogen and oxygen atoms in total. The SMILES string of the molecule is CCN(CC)C(CNC(=O)C1CCCN(S(C)(=O)=O)C1)c1ccccc1. The van der Waals surface area contributed by atoms with Crippen LogP contribution in [0, 0.1) is 5.92 Å². The van der Waals surface area contributed by atoms with Crippen molar-refractivity contribution in [3.63, 3.8) is 0 Å². The summed E-state index contributed by atoms with van der Waals surface area (Å²) in [5, 5.41) is 3.07. The molecule has 1 aliphatic heterocycles. The molecule has 0 aliphatic carbocycles. The van der Waals surface area contributed by atoms with Crippen molar-refractivity contribution in [3.05, 3.63) is 35.9 Å². The van der Waals surface area contributed by atoms with E-state index in [-0.39, 0.29) is 24.4 Å². The van der Waals surface area contributed by atoms with E-state index in [0.717, 1.165) is 25.9 Å². The van der Waals surface area contributed by atoms with Crippen LogP contribution < -0.4 is 5.32 Å². The second-order valence-corrected chi connectivity index (χ2v) is 8.84. The highest BCUT2D eigenvalue weighted by atomic mass is 32.2. The van der Waals surface area contributed by atoms with Gasteiger partial charge in [0, 0.05) is 19.6 Å². The zero-order valence-corrected chi connectivity index (χ0v) is 16.8. The molecule has 146 valence electrons. The van der Waals surface area contributed by atoms with Crippen LogP contribution in [-0.2, 0) is 14.8 Å². The molecule has 0 saturated carbocycles. The molecule has 1 fully saturated rings. The molecule has 2 unspecified atom stereocenters. The summed E-state index contributed by atoms with van der Waals surface area (Å²) in [6, 6.07) is 10.3. The second-order valence-electron chi connectivity index (χ2n) is 6.85. The van der Waals surface area contributed by atoms with Crippen molar-refractivity contribution in [2.45, 2.75) is 32.7 Å². The lowest BCUT2D eigenvalue weighted by molar-refractivity contribution is -0.126. The quantitative estimate of drug-likeness (QED) is 0.746. The average Bonchev–Trinajstić information content (AvgIpc) is 2.65.